The number of carbonyl (C=O) groups excluding carboxylic acids is 4. The Morgan fingerprint density at radius 3 is 1.84 bits per heavy atom. The first kappa shape index (κ1) is 28.2. The summed E-state index contributed by atoms with van der Waals surface area (Å²) < 4.78 is 0. The first-order valence-electron chi connectivity index (χ1n) is 9.76. The fraction of sp³-hybridized carbons (Fsp3) is 0.722. The largest absolute Gasteiger partial charge is 0.480 e. The third-order valence-corrected chi connectivity index (χ3v) is 4.24. The number of aliphatic carboxylic acids is 1. The normalized spacial score (nSPS) is 15.8. The Morgan fingerprint density at radius 1 is 0.903 bits per heavy atom. The van der Waals surface area contributed by atoms with E-state index in [0.717, 1.165) is 0 Å². The first-order valence-corrected chi connectivity index (χ1v) is 9.76. The third-order valence-electron chi connectivity index (χ3n) is 4.24. The standard InChI is InChI=1S/C18H33N5O8/c1-8(2)6-11(16(28)23-14(9(3)25)18(30)31)21-17(29)12(7-24)22-15(27)10(19)4-5-13(20)26/h8-12,14,24-25H,4-7,19H2,1-3H3,(H2,20,26)(H,21,29)(H,22,27)(H,23,28)(H,30,31). The smallest absolute Gasteiger partial charge is 0.328 e. The predicted octanol–water partition coefficient (Wildman–Crippen LogP) is -3.46. The van der Waals surface area contributed by atoms with Crippen LogP contribution in [0, 0.1) is 5.92 Å². The van der Waals surface area contributed by atoms with E-state index in [1.165, 1.54) is 6.92 Å². The maximum absolute atomic E-state index is 12.5. The molecule has 5 atom stereocenters. The molecule has 0 bridgehead atoms. The highest BCUT2D eigenvalue weighted by Gasteiger charge is 2.32. The lowest BCUT2D eigenvalue weighted by atomic mass is 10.0. The van der Waals surface area contributed by atoms with Crippen LogP contribution < -0.4 is 27.4 Å². The SMILES string of the molecule is CC(C)CC(NC(=O)C(CO)NC(=O)C(N)CCC(N)=O)C(=O)NC(C(=O)O)C(C)O. The van der Waals surface area contributed by atoms with Gasteiger partial charge in [-0.3, -0.25) is 19.2 Å². The van der Waals surface area contributed by atoms with E-state index in [1.807, 2.05) is 0 Å². The summed E-state index contributed by atoms with van der Waals surface area (Å²) in [6.07, 6.45) is -1.47. The molecule has 5 unspecified atom stereocenters. The zero-order valence-corrected chi connectivity index (χ0v) is 17.8. The molecule has 4 amide bonds. The van der Waals surface area contributed by atoms with Crippen LogP contribution in [-0.4, -0.2) is 81.8 Å². The van der Waals surface area contributed by atoms with E-state index < -0.39 is 66.5 Å². The van der Waals surface area contributed by atoms with Crippen LogP contribution >= 0.6 is 0 Å². The average molecular weight is 447 g/mol. The second kappa shape index (κ2) is 13.5. The zero-order chi connectivity index (χ0) is 24.3. The maximum Gasteiger partial charge on any atom is 0.328 e. The molecule has 0 heterocycles. The molecular weight excluding hydrogens is 414 g/mol. The van der Waals surface area contributed by atoms with E-state index in [-0.39, 0.29) is 25.2 Å². The van der Waals surface area contributed by atoms with Crippen LogP contribution in [-0.2, 0) is 24.0 Å². The van der Waals surface area contributed by atoms with Crippen molar-refractivity contribution >= 4 is 29.6 Å². The lowest BCUT2D eigenvalue weighted by Crippen LogP contribution is -2.59. The minimum atomic E-state index is -1.59. The Bertz CT molecular complexity index is 655. The molecule has 0 spiro atoms. The number of carboxylic acids is 1. The van der Waals surface area contributed by atoms with Crippen LogP contribution in [0.4, 0.5) is 0 Å². The van der Waals surface area contributed by atoms with Gasteiger partial charge in [-0.15, -0.1) is 0 Å². The van der Waals surface area contributed by atoms with E-state index >= 15 is 0 Å². The molecule has 0 aromatic carbocycles. The number of nitrogens with two attached hydrogens (primary N) is 2. The number of carboxylic acid groups (broad SMARTS) is 1. The average Bonchev–Trinajstić information content (AvgIpc) is 2.66. The number of hydrogen-bond acceptors (Lipinski definition) is 8. The molecular formula is C18H33N5O8. The lowest BCUT2D eigenvalue weighted by molar-refractivity contribution is -0.145. The number of amides is 4. The second-order valence-electron chi connectivity index (χ2n) is 7.61. The van der Waals surface area contributed by atoms with Gasteiger partial charge >= 0.3 is 5.97 Å². The number of carbonyl (C=O) groups is 5. The minimum Gasteiger partial charge on any atom is -0.480 e. The molecule has 0 radical (unpaired) electrons. The Hall–Kier alpha value is -2.77. The summed E-state index contributed by atoms with van der Waals surface area (Å²) in [5, 5.41) is 34.8. The lowest BCUT2D eigenvalue weighted by Gasteiger charge is -2.26. The molecule has 0 aliphatic carbocycles. The third kappa shape index (κ3) is 10.7. The van der Waals surface area contributed by atoms with Gasteiger partial charge in [-0.2, -0.15) is 0 Å². The van der Waals surface area contributed by atoms with Gasteiger partial charge in [0.05, 0.1) is 18.8 Å². The topological polar surface area (TPSA) is 234 Å². The molecule has 31 heavy (non-hydrogen) atoms. The molecule has 0 fully saturated rings. The van der Waals surface area contributed by atoms with Crippen molar-refractivity contribution in [1.29, 1.82) is 0 Å². The van der Waals surface area contributed by atoms with Crippen molar-refractivity contribution in [3.05, 3.63) is 0 Å². The molecule has 0 rings (SSSR count). The Kier molecular flexibility index (Phi) is 12.3. The maximum atomic E-state index is 12.5. The highest BCUT2D eigenvalue weighted by Crippen LogP contribution is 2.07. The van der Waals surface area contributed by atoms with Crippen molar-refractivity contribution in [2.45, 2.75) is 70.3 Å². The van der Waals surface area contributed by atoms with Gasteiger partial charge in [0.2, 0.25) is 23.6 Å². The van der Waals surface area contributed by atoms with Crippen LogP contribution in [0.3, 0.4) is 0 Å². The van der Waals surface area contributed by atoms with E-state index in [0.29, 0.717) is 0 Å². The molecule has 10 N–H and O–H groups in total. The van der Waals surface area contributed by atoms with Crippen molar-refractivity contribution in [2.75, 3.05) is 6.61 Å². The molecule has 0 aliphatic rings. The Balaban J connectivity index is 5.21. The molecule has 0 aromatic heterocycles. The van der Waals surface area contributed by atoms with Gasteiger partial charge in [0.25, 0.3) is 0 Å². The summed E-state index contributed by atoms with van der Waals surface area (Å²) in [5.74, 6) is -4.75. The zero-order valence-electron chi connectivity index (χ0n) is 17.8. The predicted molar refractivity (Wildman–Crippen MR) is 108 cm³/mol. The van der Waals surface area contributed by atoms with Crippen molar-refractivity contribution in [3.8, 4) is 0 Å². The summed E-state index contributed by atoms with van der Waals surface area (Å²) in [6, 6.07) is -5.37. The van der Waals surface area contributed by atoms with Gasteiger partial charge in [0.1, 0.15) is 12.1 Å². The number of rotatable bonds is 14. The van der Waals surface area contributed by atoms with Crippen LogP contribution in [0.25, 0.3) is 0 Å². The summed E-state index contributed by atoms with van der Waals surface area (Å²) >= 11 is 0. The monoisotopic (exact) mass is 447 g/mol. The second-order valence-corrected chi connectivity index (χ2v) is 7.61. The Labute approximate surface area is 179 Å². The van der Waals surface area contributed by atoms with Gasteiger partial charge in [0.15, 0.2) is 6.04 Å². The number of aliphatic hydroxyl groups is 2. The van der Waals surface area contributed by atoms with Crippen LogP contribution in [0.1, 0.15) is 40.0 Å². The van der Waals surface area contributed by atoms with Crippen LogP contribution in [0.15, 0.2) is 0 Å². The van der Waals surface area contributed by atoms with E-state index in [2.05, 4.69) is 16.0 Å². The Morgan fingerprint density at radius 2 is 1.42 bits per heavy atom. The summed E-state index contributed by atoms with van der Waals surface area (Å²) in [7, 11) is 0. The fourth-order valence-corrected chi connectivity index (χ4v) is 2.52. The number of hydrogen-bond donors (Lipinski definition) is 8. The van der Waals surface area contributed by atoms with Crippen LogP contribution in [0.2, 0.25) is 0 Å². The van der Waals surface area contributed by atoms with Crippen molar-refractivity contribution in [2.24, 2.45) is 17.4 Å². The van der Waals surface area contributed by atoms with E-state index in [1.54, 1.807) is 13.8 Å². The van der Waals surface area contributed by atoms with Gasteiger partial charge in [0, 0.05) is 6.42 Å². The van der Waals surface area contributed by atoms with Gasteiger partial charge in [-0.25, -0.2) is 4.79 Å². The summed E-state index contributed by atoms with van der Waals surface area (Å²) in [5.41, 5.74) is 10.6. The number of nitrogens with one attached hydrogen (secondary N) is 3. The van der Waals surface area contributed by atoms with Gasteiger partial charge in [-0.1, -0.05) is 13.8 Å². The van der Waals surface area contributed by atoms with Crippen molar-refractivity contribution in [1.82, 2.24) is 16.0 Å². The van der Waals surface area contributed by atoms with Crippen molar-refractivity contribution < 1.29 is 39.3 Å². The molecule has 0 saturated heterocycles. The summed E-state index contributed by atoms with van der Waals surface area (Å²) in [6.45, 7) is 3.91. The van der Waals surface area contributed by atoms with Gasteiger partial charge < -0.3 is 42.7 Å². The summed E-state index contributed by atoms with van der Waals surface area (Å²) in [4.78, 5) is 59.1. The quantitative estimate of drug-likeness (QED) is 0.132. The molecule has 0 saturated carbocycles. The van der Waals surface area contributed by atoms with Gasteiger partial charge in [-0.05, 0) is 25.7 Å². The molecule has 13 nitrogen and oxygen atoms in total. The molecule has 13 heteroatoms. The van der Waals surface area contributed by atoms with E-state index in [4.69, 9.17) is 16.6 Å². The van der Waals surface area contributed by atoms with Crippen molar-refractivity contribution in [3.63, 3.8) is 0 Å². The number of aliphatic hydroxyl groups excluding tert-OH is 2. The fourth-order valence-electron chi connectivity index (χ4n) is 2.52. The molecule has 0 aromatic rings. The first-order chi connectivity index (χ1) is 14.3. The molecule has 0 aliphatic heterocycles. The minimum absolute atomic E-state index is 0.0603. The van der Waals surface area contributed by atoms with E-state index in [9.17, 15) is 34.2 Å². The highest BCUT2D eigenvalue weighted by atomic mass is 16.4. The number of primary amides is 1. The highest BCUT2D eigenvalue weighted by molar-refractivity contribution is 5.94. The van der Waals surface area contributed by atoms with Crippen LogP contribution in [0.5, 0.6) is 0 Å². The molecule has 178 valence electrons.